The molecule has 1 aliphatic heterocycles. The highest BCUT2D eigenvalue weighted by atomic mass is 16.5. The van der Waals surface area contributed by atoms with E-state index in [1.807, 2.05) is 6.07 Å². The van der Waals surface area contributed by atoms with Crippen LogP contribution in [0, 0.1) is 6.42 Å². The normalized spacial score (nSPS) is 20.4. The van der Waals surface area contributed by atoms with Crippen LogP contribution in [-0.4, -0.2) is 49.1 Å². The lowest BCUT2D eigenvalue weighted by atomic mass is 9.93. The number of nitrogens with zero attached hydrogens (tertiary/aromatic N) is 2. The summed E-state index contributed by atoms with van der Waals surface area (Å²) in [5, 5.41) is 0. The van der Waals surface area contributed by atoms with Gasteiger partial charge in [0.25, 0.3) is 0 Å². The van der Waals surface area contributed by atoms with Gasteiger partial charge in [0.15, 0.2) is 0 Å². The van der Waals surface area contributed by atoms with Gasteiger partial charge in [-0.2, -0.15) is 0 Å². The molecule has 1 heterocycles. The Morgan fingerprint density at radius 1 is 0.897 bits per heavy atom. The van der Waals surface area contributed by atoms with Crippen LogP contribution in [0.5, 0.6) is 5.75 Å². The van der Waals surface area contributed by atoms with Crippen LogP contribution < -0.4 is 4.74 Å². The summed E-state index contributed by atoms with van der Waals surface area (Å²) < 4.78 is 5.57. The molecular formula is C26H35N2O. The van der Waals surface area contributed by atoms with E-state index in [9.17, 15) is 0 Å². The van der Waals surface area contributed by atoms with Gasteiger partial charge in [-0.1, -0.05) is 67.8 Å². The Kier molecular flexibility index (Phi) is 7.23. The molecule has 0 aromatic heterocycles. The Hall–Kier alpha value is -1.84. The van der Waals surface area contributed by atoms with Gasteiger partial charge in [-0.3, -0.25) is 9.80 Å². The summed E-state index contributed by atoms with van der Waals surface area (Å²) in [7, 11) is 1.76. The predicted molar refractivity (Wildman–Crippen MR) is 120 cm³/mol. The first-order valence-electron chi connectivity index (χ1n) is 11.3. The molecule has 3 nitrogen and oxygen atoms in total. The summed E-state index contributed by atoms with van der Waals surface area (Å²) in [6.07, 6.45) is 10.5. The quantitative estimate of drug-likeness (QED) is 0.650. The Balaban J connectivity index is 1.42. The number of piperazine rings is 1. The molecule has 1 radical (unpaired) electrons. The standard InChI is InChI=1S/C26H35N2O/c1-29-26-15-9-8-12-23(26)16-17-25(22-10-4-2-5-11-22)28-20-18-27(19-21-28)24-13-6-3-7-14-24/h2,4-5,8-12,15,17,24-25H,3,6-7,13-14,16,18-21H2,1H3. The van der Waals surface area contributed by atoms with Crippen LogP contribution >= 0.6 is 0 Å². The van der Waals surface area contributed by atoms with Gasteiger partial charge in [0.05, 0.1) is 7.11 Å². The number of benzene rings is 2. The summed E-state index contributed by atoms with van der Waals surface area (Å²) >= 11 is 0. The number of ether oxygens (including phenoxy) is 1. The number of para-hydroxylation sites is 1. The number of methoxy groups -OCH3 is 1. The highest BCUT2D eigenvalue weighted by Gasteiger charge is 2.29. The highest BCUT2D eigenvalue weighted by molar-refractivity contribution is 5.35. The zero-order chi connectivity index (χ0) is 19.9. The Morgan fingerprint density at radius 2 is 1.59 bits per heavy atom. The van der Waals surface area contributed by atoms with E-state index in [4.69, 9.17) is 4.74 Å². The molecule has 155 valence electrons. The second kappa shape index (κ2) is 10.3. The predicted octanol–water partition coefficient (Wildman–Crippen LogP) is 5.13. The topological polar surface area (TPSA) is 15.7 Å². The molecule has 1 saturated carbocycles. The lowest BCUT2D eigenvalue weighted by Gasteiger charge is -2.43. The van der Waals surface area contributed by atoms with Crippen molar-refractivity contribution in [3.63, 3.8) is 0 Å². The van der Waals surface area contributed by atoms with Gasteiger partial charge >= 0.3 is 0 Å². The minimum atomic E-state index is 0.356. The molecule has 2 aromatic carbocycles. The van der Waals surface area contributed by atoms with Gasteiger partial charge in [-0.15, -0.1) is 0 Å². The van der Waals surface area contributed by atoms with Crippen molar-refractivity contribution in [3.05, 3.63) is 72.1 Å². The molecular weight excluding hydrogens is 356 g/mol. The van der Waals surface area contributed by atoms with E-state index in [-0.39, 0.29) is 0 Å². The number of hydrogen-bond acceptors (Lipinski definition) is 3. The molecule has 2 aromatic rings. The second-order valence-electron chi connectivity index (χ2n) is 8.47. The van der Waals surface area contributed by atoms with Crippen LogP contribution in [0.15, 0.2) is 54.6 Å². The first-order valence-corrected chi connectivity index (χ1v) is 11.3. The van der Waals surface area contributed by atoms with Crippen molar-refractivity contribution in [1.29, 1.82) is 0 Å². The fourth-order valence-electron chi connectivity index (χ4n) is 5.08. The largest absolute Gasteiger partial charge is 0.496 e. The van der Waals surface area contributed by atoms with Gasteiger partial charge in [0.1, 0.15) is 5.75 Å². The maximum absolute atomic E-state index is 5.57. The van der Waals surface area contributed by atoms with Crippen LogP contribution in [0.3, 0.4) is 0 Å². The summed E-state index contributed by atoms with van der Waals surface area (Å²) in [4.78, 5) is 5.43. The Labute approximate surface area is 176 Å². The van der Waals surface area contributed by atoms with Crippen molar-refractivity contribution in [2.45, 2.75) is 50.6 Å². The van der Waals surface area contributed by atoms with Gasteiger partial charge < -0.3 is 4.74 Å². The summed E-state index contributed by atoms with van der Waals surface area (Å²) in [5.41, 5.74) is 2.66. The monoisotopic (exact) mass is 391 g/mol. The van der Waals surface area contributed by atoms with Gasteiger partial charge in [-0.05, 0) is 42.9 Å². The van der Waals surface area contributed by atoms with Crippen molar-refractivity contribution in [2.24, 2.45) is 0 Å². The van der Waals surface area contributed by atoms with Crippen LogP contribution in [-0.2, 0) is 6.42 Å². The molecule has 2 aliphatic rings. The maximum Gasteiger partial charge on any atom is 0.122 e. The molecule has 1 saturated heterocycles. The van der Waals surface area contributed by atoms with Crippen LogP contribution in [0.1, 0.15) is 49.3 Å². The summed E-state index contributed by atoms with van der Waals surface area (Å²) in [6.45, 7) is 4.71. The molecule has 1 unspecified atom stereocenters. The zero-order valence-electron chi connectivity index (χ0n) is 17.8. The average molecular weight is 392 g/mol. The van der Waals surface area contributed by atoms with Crippen LogP contribution in [0.25, 0.3) is 0 Å². The molecule has 0 bridgehead atoms. The first-order chi connectivity index (χ1) is 14.3. The fourth-order valence-corrected chi connectivity index (χ4v) is 5.08. The fraction of sp³-hybridized carbons (Fsp3) is 0.500. The third-order valence-corrected chi connectivity index (χ3v) is 6.73. The molecule has 2 fully saturated rings. The first kappa shape index (κ1) is 20.4. The Bertz CT molecular complexity index is 733. The molecule has 29 heavy (non-hydrogen) atoms. The third kappa shape index (κ3) is 5.21. The molecule has 1 aliphatic carbocycles. The minimum Gasteiger partial charge on any atom is -0.496 e. The summed E-state index contributed by atoms with van der Waals surface area (Å²) in [6, 6.07) is 20.6. The molecule has 0 N–H and O–H groups in total. The third-order valence-electron chi connectivity index (χ3n) is 6.73. The SMILES string of the molecule is COc1ccccc1C[CH]C(c1ccccc1)N1CCN(C2CCCCC2)CC1. The molecule has 1 atom stereocenters. The molecule has 3 heteroatoms. The Morgan fingerprint density at radius 3 is 2.31 bits per heavy atom. The van der Waals surface area contributed by atoms with Crippen molar-refractivity contribution in [1.82, 2.24) is 9.80 Å². The van der Waals surface area contributed by atoms with Crippen LogP contribution in [0.4, 0.5) is 0 Å². The van der Waals surface area contributed by atoms with E-state index in [1.54, 1.807) is 7.11 Å². The minimum absolute atomic E-state index is 0.356. The van der Waals surface area contributed by atoms with E-state index in [0.717, 1.165) is 31.3 Å². The molecule has 4 rings (SSSR count). The van der Waals surface area contributed by atoms with Crippen molar-refractivity contribution < 1.29 is 4.74 Å². The van der Waals surface area contributed by atoms with E-state index in [0.29, 0.717) is 6.04 Å². The van der Waals surface area contributed by atoms with Crippen LogP contribution in [0.2, 0.25) is 0 Å². The molecule has 0 spiro atoms. The van der Waals surface area contributed by atoms with Gasteiger partial charge in [0, 0.05) is 38.3 Å². The van der Waals surface area contributed by atoms with Gasteiger partial charge in [-0.25, -0.2) is 0 Å². The number of rotatable bonds is 7. The highest BCUT2D eigenvalue weighted by Crippen LogP contribution is 2.30. The van der Waals surface area contributed by atoms with E-state index in [1.165, 1.54) is 56.3 Å². The average Bonchev–Trinajstić information content (AvgIpc) is 2.81. The van der Waals surface area contributed by atoms with Crippen molar-refractivity contribution in [2.75, 3.05) is 33.3 Å². The lowest BCUT2D eigenvalue weighted by molar-refractivity contribution is 0.0626. The van der Waals surface area contributed by atoms with E-state index < -0.39 is 0 Å². The van der Waals surface area contributed by atoms with Crippen molar-refractivity contribution in [3.8, 4) is 5.75 Å². The smallest absolute Gasteiger partial charge is 0.122 e. The summed E-state index contributed by atoms with van der Waals surface area (Å²) in [5.74, 6) is 0.984. The lowest BCUT2D eigenvalue weighted by Crippen LogP contribution is -2.51. The van der Waals surface area contributed by atoms with Gasteiger partial charge in [0.2, 0.25) is 0 Å². The second-order valence-corrected chi connectivity index (χ2v) is 8.47. The van der Waals surface area contributed by atoms with E-state index in [2.05, 4.69) is 64.8 Å². The maximum atomic E-state index is 5.57. The van der Waals surface area contributed by atoms with Crippen molar-refractivity contribution >= 4 is 0 Å². The zero-order valence-corrected chi connectivity index (χ0v) is 17.8. The van der Waals surface area contributed by atoms with E-state index >= 15 is 0 Å². The molecule has 0 amide bonds. The number of hydrogen-bond donors (Lipinski definition) is 0.